The number of thioether (sulfide) groups is 1. The number of nitrogens with zero attached hydrogens (tertiary/aromatic N) is 2. The van der Waals surface area contributed by atoms with Gasteiger partial charge in [0.05, 0.1) is 9.82 Å². The first kappa shape index (κ1) is 20.4. The molecule has 0 spiro atoms. The van der Waals surface area contributed by atoms with Crippen LogP contribution in [0.4, 0.5) is 11.4 Å². The zero-order chi connectivity index (χ0) is 19.5. The van der Waals surface area contributed by atoms with Gasteiger partial charge in [0.2, 0.25) is 0 Å². The summed E-state index contributed by atoms with van der Waals surface area (Å²) in [5.74, 6) is 2.26. The molecule has 0 radical (unpaired) electrons. The third-order valence-corrected chi connectivity index (χ3v) is 7.72. The molecule has 0 amide bonds. The van der Waals surface area contributed by atoms with Crippen LogP contribution in [0.1, 0.15) is 32.1 Å². The molecule has 2 fully saturated rings. The van der Waals surface area contributed by atoms with Gasteiger partial charge in [-0.2, -0.15) is 11.8 Å². The summed E-state index contributed by atoms with van der Waals surface area (Å²) in [6.07, 6.45) is 6.86. The molecule has 27 heavy (non-hydrogen) atoms. The quantitative estimate of drug-likeness (QED) is 0.565. The number of benzene rings is 1. The molecule has 3 rings (SSSR count). The van der Waals surface area contributed by atoms with Crippen LogP contribution in [0.15, 0.2) is 23.1 Å². The number of anilines is 1. The third kappa shape index (κ3) is 4.75. The lowest BCUT2D eigenvalue weighted by atomic mass is 9.80. The number of nitro benzene ring substituents is 1. The predicted molar refractivity (Wildman–Crippen MR) is 109 cm³/mol. The van der Waals surface area contributed by atoms with E-state index < -0.39 is 14.8 Å². The summed E-state index contributed by atoms with van der Waals surface area (Å²) in [6, 6.07) is 4.12. The number of sulfone groups is 1. The molecule has 1 saturated heterocycles. The molecule has 150 valence electrons. The van der Waals surface area contributed by atoms with Crippen LogP contribution in [0, 0.1) is 10.1 Å². The molecular weight excluding hydrogens is 386 g/mol. The van der Waals surface area contributed by atoms with Crippen molar-refractivity contribution in [3.63, 3.8) is 0 Å². The summed E-state index contributed by atoms with van der Waals surface area (Å²) in [5, 5.41) is 14.8. The van der Waals surface area contributed by atoms with Gasteiger partial charge in [-0.15, -0.1) is 0 Å². The van der Waals surface area contributed by atoms with E-state index >= 15 is 0 Å². The lowest BCUT2D eigenvalue weighted by Crippen LogP contribution is -2.57. The summed E-state index contributed by atoms with van der Waals surface area (Å²) in [5.41, 5.74) is 0.240. The van der Waals surface area contributed by atoms with Gasteiger partial charge < -0.3 is 5.32 Å². The van der Waals surface area contributed by atoms with Crippen LogP contribution in [0.2, 0.25) is 0 Å². The third-order valence-electron chi connectivity index (χ3n) is 5.67. The molecule has 1 aliphatic carbocycles. The zero-order valence-electron chi connectivity index (χ0n) is 15.6. The van der Waals surface area contributed by atoms with Crippen LogP contribution in [-0.4, -0.2) is 61.2 Å². The molecule has 0 unspecified atom stereocenters. The maximum Gasteiger partial charge on any atom is 0.293 e. The summed E-state index contributed by atoms with van der Waals surface area (Å²) in [4.78, 5) is 13.5. The maximum absolute atomic E-state index is 11.7. The topological polar surface area (TPSA) is 92.6 Å². The van der Waals surface area contributed by atoms with E-state index in [2.05, 4.69) is 10.2 Å². The standard InChI is InChI=1S/C18H27N3O4S2/c1-27(24,25)15-5-6-16(17(13-15)21(22)23)19-14-18(7-3-2-4-8-18)20-9-11-26-12-10-20/h5-6,13,19H,2-4,7-12,14H2,1H3. The van der Waals surface area contributed by atoms with Crippen LogP contribution < -0.4 is 5.32 Å². The highest BCUT2D eigenvalue weighted by atomic mass is 32.2. The van der Waals surface area contributed by atoms with Crippen LogP contribution in [0.3, 0.4) is 0 Å². The molecule has 1 heterocycles. The van der Waals surface area contributed by atoms with Gasteiger partial charge in [-0.25, -0.2) is 8.42 Å². The maximum atomic E-state index is 11.7. The Balaban J connectivity index is 1.83. The van der Waals surface area contributed by atoms with Gasteiger partial charge in [0.15, 0.2) is 9.84 Å². The molecule has 1 aliphatic heterocycles. The van der Waals surface area contributed by atoms with Gasteiger partial charge in [-0.05, 0) is 25.0 Å². The van der Waals surface area contributed by atoms with Crippen molar-refractivity contribution in [2.24, 2.45) is 0 Å². The SMILES string of the molecule is CS(=O)(=O)c1ccc(NCC2(N3CCSCC3)CCCCC2)c([N+](=O)[O-])c1. The highest BCUT2D eigenvalue weighted by Gasteiger charge is 2.38. The van der Waals surface area contributed by atoms with Crippen molar-refractivity contribution >= 4 is 33.0 Å². The predicted octanol–water partition coefficient (Wildman–Crippen LogP) is 3.16. The average Bonchev–Trinajstić information content (AvgIpc) is 2.67. The Morgan fingerprint density at radius 2 is 1.89 bits per heavy atom. The smallest absolute Gasteiger partial charge is 0.293 e. The number of rotatable bonds is 6. The molecule has 0 atom stereocenters. The van der Waals surface area contributed by atoms with Crippen molar-refractivity contribution in [2.45, 2.75) is 42.5 Å². The van der Waals surface area contributed by atoms with Gasteiger partial charge >= 0.3 is 0 Å². The molecule has 1 saturated carbocycles. The van der Waals surface area contributed by atoms with Crippen LogP contribution in [0.25, 0.3) is 0 Å². The lowest BCUT2D eigenvalue weighted by molar-refractivity contribution is -0.384. The van der Waals surface area contributed by atoms with E-state index in [4.69, 9.17) is 0 Å². The second-order valence-corrected chi connectivity index (χ2v) is 10.7. The first-order chi connectivity index (χ1) is 12.8. The van der Waals surface area contributed by atoms with Gasteiger partial charge in [0.25, 0.3) is 5.69 Å². The molecule has 1 N–H and O–H groups in total. The molecular formula is C18H27N3O4S2. The summed E-state index contributed by atoms with van der Waals surface area (Å²) in [6.45, 7) is 2.76. The highest BCUT2D eigenvalue weighted by Crippen LogP contribution is 2.36. The van der Waals surface area contributed by atoms with E-state index in [-0.39, 0.29) is 16.1 Å². The Labute approximate surface area is 165 Å². The summed E-state index contributed by atoms with van der Waals surface area (Å²) >= 11 is 1.98. The van der Waals surface area contributed by atoms with Crippen molar-refractivity contribution in [3.05, 3.63) is 28.3 Å². The van der Waals surface area contributed by atoms with E-state index in [0.29, 0.717) is 12.2 Å². The van der Waals surface area contributed by atoms with Crippen molar-refractivity contribution in [2.75, 3.05) is 42.7 Å². The van der Waals surface area contributed by atoms with E-state index in [9.17, 15) is 18.5 Å². The monoisotopic (exact) mass is 413 g/mol. The minimum absolute atomic E-state index is 0.0276. The molecule has 0 bridgehead atoms. The molecule has 0 aromatic heterocycles. The Hall–Kier alpha value is -1.32. The number of hydrogen-bond acceptors (Lipinski definition) is 7. The Kier molecular flexibility index (Phi) is 6.32. The lowest BCUT2D eigenvalue weighted by Gasteiger charge is -2.48. The van der Waals surface area contributed by atoms with Crippen molar-refractivity contribution in [1.29, 1.82) is 0 Å². The summed E-state index contributed by atoms with van der Waals surface area (Å²) in [7, 11) is -3.48. The Morgan fingerprint density at radius 1 is 1.22 bits per heavy atom. The van der Waals surface area contributed by atoms with E-state index in [0.717, 1.165) is 49.8 Å². The van der Waals surface area contributed by atoms with Crippen molar-refractivity contribution in [1.82, 2.24) is 4.90 Å². The Morgan fingerprint density at radius 3 is 2.48 bits per heavy atom. The van der Waals surface area contributed by atoms with E-state index in [1.165, 1.54) is 31.4 Å². The number of hydrogen-bond donors (Lipinski definition) is 1. The first-order valence-corrected chi connectivity index (χ1v) is 12.4. The fourth-order valence-corrected chi connectivity index (χ4v) is 5.70. The first-order valence-electron chi connectivity index (χ1n) is 9.37. The molecule has 1 aromatic carbocycles. The highest BCUT2D eigenvalue weighted by molar-refractivity contribution is 7.99. The number of nitro groups is 1. The van der Waals surface area contributed by atoms with Gasteiger partial charge in [0, 0.05) is 49.0 Å². The van der Waals surface area contributed by atoms with E-state index in [1.54, 1.807) is 0 Å². The minimum atomic E-state index is -3.48. The Bertz CT molecular complexity index is 786. The van der Waals surface area contributed by atoms with Crippen LogP contribution in [-0.2, 0) is 9.84 Å². The van der Waals surface area contributed by atoms with Gasteiger partial charge in [-0.3, -0.25) is 15.0 Å². The average molecular weight is 414 g/mol. The molecule has 7 nitrogen and oxygen atoms in total. The van der Waals surface area contributed by atoms with E-state index in [1.807, 2.05) is 11.8 Å². The fraction of sp³-hybridized carbons (Fsp3) is 0.667. The van der Waals surface area contributed by atoms with Crippen molar-refractivity contribution in [3.8, 4) is 0 Å². The minimum Gasteiger partial charge on any atom is -0.378 e. The van der Waals surface area contributed by atoms with Gasteiger partial charge in [0.1, 0.15) is 5.69 Å². The largest absolute Gasteiger partial charge is 0.378 e. The van der Waals surface area contributed by atoms with Crippen molar-refractivity contribution < 1.29 is 13.3 Å². The second kappa shape index (κ2) is 8.36. The van der Waals surface area contributed by atoms with Crippen LogP contribution in [0.5, 0.6) is 0 Å². The normalized spacial score (nSPS) is 20.9. The molecule has 1 aromatic rings. The zero-order valence-corrected chi connectivity index (χ0v) is 17.3. The van der Waals surface area contributed by atoms with Gasteiger partial charge in [-0.1, -0.05) is 19.3 Å². The molecule has 2 aliphatic rings. The second-order valence-electron chi connectivity index (χ2n) is 7.45. The summed E-state index contributed by atoms with van der Waals surface area (Å²) < 4.78 is 23.5. The molecule has 9 heteroatoms. The fourth-order valence-electron chi connectivity index (χ4n) is 4.15. The number of nitrogens with one attached hydrogen (secondary N) is 1. The van der Waals surface area contributed by atoms with Crippen LogP contribution >= 0.6 is 11.8 Å².